The molecule has 0 aliphatic carbocycles. The van der Waals surface area contributed by atoms with Gasteiger partial charge in [0.15, 0.2) is 6.61 Å². The van der Waals surface area contributed by atoms with Crippen LogP contribution in [0, 0.1) is 0 Å². The van der Waals surface area contributed by atoms with Gasteiger partial charge in [-0.15, -0.1) is 0 Å². The smallest absolute Gasteiger partial charge is 0.262 e. The quantitative estimate of drug-likeness (QED) is 0.762. The fraction of sp³-hybridized carbons (Fsp3) is 0.133. The van der Waals surface area contributed by atoms with Crippen LogP contribution >= 0.6 is 11.6 Å². The van der Waals surface area contributed by atoms with Crippen molar-refractivity contribution in [2.75, 3.05) is 23.0 Å². The molecule has 1 aliphatic rings. The second-order valence-corrected chi connectivity index (χ2v) is 5.19. The lowest BCUT2D eigenvalue weighted by atomic mass is 10.2. The number of amides is 1. The van der Waals surface area contributed by atoms with Gasteiger partial charge in [-0.1, -0.05) is 23.7 Å². The fourth-order valence-electron chi connectivity index (χ4n) is 2.09. The second-order valence-electron chi connectivity index (χ2n) is 4.75. The number of benzene rings is 2. The molecule has 0 unspecified atom stereocenters. The minimum Gasteiger partial charge on any atom is -0.482 e. The molecule has 0 saturated heterocycles. The van der Waals surface area contributed by atoms with Crippen molar-refractivity contribution >= 4 is 34.6 Å². The van der Waals surface area contributed by atoms with Crippen LogP contribution in [-0.2, 0) is 11.3 Å². The zero-order valence-corrected chi connectivity index (χ0v) is 11.9. The number of ether oxygens (including phenoxy) is 1. The molecule has 3 rings (SSSR count). The standard InChI is InChI=1S/C15H14ClN3O2/c16-10-3-1-9(2-4-10)7-18-12-6-13-14(5-11(12)17)21-8-15(20)19-13/h1-6,18H,7-8,17H2,(H,19,20). The van der Waals surface area contributed by atoms with Crippen molar-refractivity contribution in [3.05, 3.63) is 47.0 Å². The topological polar surface area (TPSA) is 76.4 Å². The Morgan fingerprint density at radius 2 is 2.05 bits per heavy atom. The molecule has 1 aliphatic heterocycles. The first-order valence-electron chi connectivity index (χ1n) is 6.46. The predicted molar refractivity (Wildman–Crippen MR) is 83.8 cm³/mol. The largest absolute Gasteiger partial charge is 0.482 e. The fourth-order valence-corrected chi connectivity index (χ4v) is 2.22. The van der Waals surface area contributed by atoms with Gasteiger partial charge in [-0.25, -0.2) is 0 Å². The molecule has 108 valence electrons. The average Bonchev–Trinajstić information content (AvgIpc) is 2.47. The minimum absolute atomic E-state index is 0.0178. The third-order valence-electron chi connectivity index (χ3n) is 3.18. The number of anilines is 3. The number of hydrogen-bond donors (Lipinski definition) is 3. The normalized spacial score (nSPS) is 13.1. The maximum absolute atomic E-state index is 11.3. The highest BCUT2D eigenvalue weighted by atomic mass is 35.5. The molecule has 0 radical (unpaired) electrons. The summed E-state index contributed by atoms with van der Waals surface area (Å²) in [6.07, 6.45) is 0. The van der Waals surface area contributed by atoms with Crippen molar-refractivity contribution < 1.29 is 9.53 Å². The van der Waals surface area contributed by atoms with Crippen molar-refractivity contribution in [3.8, 4) is 5.75 Å². The summed E-state index contributed by atoms with van der Waals surface area (Å²) < 4.78 is 5.31. The number of halogens is 1. The second kappa shape index (κ2) is 5.54. The van der Waals surface area contributed by atoms with Crippen LogP contribution < -0.4 is 21.1 Å². The number of rotatable bonds is 3. The van der Waals surface area contributed by atoms with Gasteiger partial charge in [-0.2, -0.15) is 0 Å². The molecule has 1 amide bonds. The molecule has 1 heterocycles. The van der Waals surface area contributed by atoms with Crippen LogP contribution in [0.25, 0.3) is 0 Å². The van der Waals surface area contributed by atoms with Gasteiger partial charge >= 0.3 is 0 Å². The van der Waals surface area contributed by atoms with Crippen LogP contribution in [0.1, 0.15) is 5.56 Å². The van der Waals surface area contributed by atoms with Crippen LogP contribution in [0.3, 0.4) is 0 Å². The van der Waals surface area contributed by atoms with E-state index in [9.17, 15) is 4.79 Å². The lowest BCUT2D eigenvalue weighted by molar-refractivity contribution is -0.118. The Hall–Kier alpha value is -2.40. The Labute approximate surface area is 127 Å². The van der Waals surface area contributed by atoms with Crippen molar-refractivity contribution in [2.24, 2.45) is 0 Å². The molecule has 4 N–H and O–H groups in total. The maximum Gasteiger partial charge on any atom is 0.262 e. The summed E-state index contributed by atoms with van der Waals surface area (Å²) in [7, 11) is 0. The van der Waals surface area contributed by atoms with E-state index in [4.69, 9.17) is 22.1 Å². The first-order valence-corrected chi connectivity index (χ1v) is 6.84. The zero-order chi connectivity index (χ0) is 14.8. The van der Waals surface area contributed by atoms with E-state index in [0.717, 1.165) is 11.3 Å². The lowest BCUT2D eigenvalue weighted by Crippen LogP contribution is -2.25. The first-order chi connectivity index (χ1) is 10.1. The Morgan fingerprint density at radius 3 is 2.81 bits per heavy atom. The summed E-state index contributed by atoms with van der Waals surface area (Å²) in [6.45, 7) is 0.624. The molecular weight excluding hydrogens is 290 g/mol. The van der Waals surface area contributed by atoms with Crippen LogP contribution in [0.2, 0.25) is 5.02 Å². The third kappa shape index (κ3) is 3.03. The number of nitrogen functional groups attached to an aromatic ring is 1. The molecular formula is C15H14ClN3O2. The van der Waals surface area contributed by atoms with E-state index in [1.165, 1.54) is 0 Å². The molecule has 0 atom stereocenters. The van der Waals surface area contributed by atoms with Gasteiger partial charge in [0.1, 0.15) is 5.75 Å². The zero-order valence-electron chi connectivity index (χ0n) is 11.2. The van der Waals surface area contributed by atoms with Crippen LogP contribution in [-0.4, -0.2) is 12.5 Å². The van der Waals surface area contributed by atoms with Gasteiger partial charge in [0.05, 0.1) is 17.1 Å². The minimum atomic E-state index is -0.170. The highest BCUT2D eigenvalue weighted by Gasteiger charge is 2.17. The number of nitrogens with two attached hydrogens (primary N) is 1. The summed E-state index contributed by atoms with van der Waals surface area (Å²) >= 11 is 5.85. The molecule has 0 bridgehead atoms. The van der Waals surface area contributed by atoms with E-state index >= 15 is 0 Å². The Bertz CT molecular complexity index is 686. The SMILES string of the molecule is Nc1cc2c(cc1NCc1ccc(Cl)cc1)NC(=O)CO2. The van der Waals surface area contributed by atoms with Crippen molar-refractivity contribution in [1.29, 1.82) is 0 Å². The van der Waals surface area contributed by atoms with E-state index in [1.807, 2.05) is 24.3 Å². The number of nitrogens with one attached hydrogen (secondary N) is 2. The molecule has 0 spiro atoms. The summed E-state index contributed by atoms with van der Waals surface area (Å²) in [5.41, 5.74) is 9.01. The van der Waals surface area contributed by atoms with E-state index in [0.29, 0.717) is 28.7 Å². The number of carbonyl (C=O) groups is 1. The highest BCUT2D eigenvalue weighted by molar-refractivity contribution is 6.30. The first kappa shape index (κ1) is 13.6. The molecule has 6 heteroatoms. The molecule has 0 aromatic heterocycles. The van der Waals surface area contributed by atoms with Gasteiger partial charge in [0.25, 0.3) is 5.91 Å². The molecule has 2 aromatic carbocycles. The van der Waals surface area contributed by atoms with Gasteiger partial charge in [-0.05, 0) is 23.8 Å². The average molecular weight is 304 g/mol. The Balaban J connectivity index is 1.77. The number of hydrogen-bond acceptors (Lipinski definition) is 4. The van der Waals surface area contributed by atoms with Crippen LogP contribution in [0.4, 0.5) is 17.1 Å². The van der Waals surface area contributed by atoms with Crippen molar-refractivity contribution in [3.63, 3.8) is 0 Å². The van der Waals surface area contributed by atoms with Crippen LogP contribution in [0.5, 0.6) is 5.75 Å². The maximum atomic E-state index is 11.3. The lowest BCUT2D eigenvalue weighted by Gasteiger charge is -2.20. The Morgan fingerprint density at radius 1 is 1.29 bits per heavy atom. The van der Waals surface area contributed by atoms with Gasteiger partial charge in [-0.3, -0.25) is 4.79 Å². The van der Waals surface area contributed by atoms with E-state index < -0.39 is 0 Å². The molecule has 0 fully saturated rings. The van der Waals surface area contributed by atoms with E-state index in [1.54, 1.807) is 12.1 Å². The number of carbonyl (C=O) groups excluding carboxylic acids is 1. The van der Waals surface area contributed by atoms with Gasteiger partial charge in [0.2, 0.25) is 0 Å². The van der Waals surface area contributed by atoms with E-state index in [-0.39, 0.29) is 12.5 Å². The van der Waals surface area contributed by atoms with Crippen molar-refractivity contribution in [2.45, 2.75) is 6.54 Å². The number of fused-ring (bicyclic) bond motifs is 1. The van der Waals surface area contributed by atoms with E-state index in [2.05, 4.69) is 10.6 Å². The van der Waals surface area contributed by atoms with Gasteiger partial charge in [0, 0.05) is 17.6 Å². The monoisotopic (exact) mass is 303 g/mol. The molecule has 5 nitrogen and oxygen atoms in total. The molecule has 2 aromatic rings. The molecule has 21 heavy (non-hydrogen) atoms. The summed E-state index contributed by atoms with van der Waals surface area (Å²) in [6, 6.07) is 11.0. The summed E-state index contributed by atoms with van der Waals surface area (Å²) in [5, 5.41) is 6.70. The Kier molecular flexibility index (Phi) is 3.58. The van der Waals surface area contributed by atoms with Gasteiger partial charge < -0.3 is 21.1 Å². The van der Waals surface area contributed by atoms with Crippen LogP contribution in [0.15, 0.2) is 36.4 Å². The summed E-state index contributed by atoms with van der Waals surface area (Å²) in [5.74, 6) is 0.417. The third-order valence-corrected chi connectivity index (χ3v) is 3.43. The molecule has 0 saturated carbocycles. The summed E-state index contributed by atoms with van der Waals surface area (Å²) in [4.78, 5) is 11.3. The predicted octanol–water partition coefficient (Wildman–Crippen LogP) is 2.87. The highest BCUT2D eigenvalue weighted by Crippen LogP contribution is 2.35. The van der Waals surface area contributed by atoms with Crippen molar-refractivity contribution in [1.82, 2.24) is 0 Å².